The molecule has 0 unspecified atom stereocenters. The van der Waals surface area contributed by atoms with Gasteiger partial charge in [-0.3, -0.25) is 4.79 Å². The summed E-state index contributed by atoms with van der Waals surface area (Å²) in [4.78, 5) is 14.1. The SMILES string of the molecule is Nc1ccc(C(=O)N2CCOC3(CC3)C2)cc1. The van der Waals surface area contributed by atoms with Crippen molar-refractivity contribution in [3.63, 3.8) is 0 Å². The molecule has 1 spiro atoms. The number of carbonyl (C=O) groups excluding carboxylic acids is 1. The largest absolute Gasteiger partial charge is 0.399 e. The highest BCUT2D eigenvalue weighted by Crippen LogP contribution is 2.42. The van der Waals surface area contributed by atoms with Gasteiger partial charge in [0.05, 0.1) is 18.8 Å². The first-order valence-electron chi connectivity index (χ1n) is 5.97. The van der Waals surface area contributed by atoms with E-state index in [1.54, 1.807) is 24.3 Å². The molecule has 1 aromatic rings. The van der Waals surface area contributed by atoms with Gasteiger partial charge in [-0.25, -0.2) is 0 Å². The van der Waals surface area contributed by atoms with Crippen LogP contribution >= 0.6 is 0 Å². The summed E-state index contributed by atoms with van der Waals surface area (Å²) >= 11 is 0. The minimum Gasteiger partial charge on any atom is -0.399 e. The molecule has 0 atom stereocenters. The van der Waals surface area contributed by atoms with Gasteiger partial charge >= 0.3 is 0 Å². The van der Waals surface area contributed by atoms with Crippen LogP contribution in [0.2, 0.25) is 0 Å². The van der Waals surface area contributed by atoms with Crippen molar-refractivity contribution in [2.45, 2.75) is 18.4 Å². The van der Waals surface area contributed by atoms with Gasteiger partial charge in [0.1, 0.15) is 0 Å². The second-order valence-electron chi connectivity index (χ2n) is 4.88. The van der Waals surface area contributed by atoms with E-state index in [2.05, 4.69) is 0 Å². The summed E-state index contributed by atoms with van der Waals surface area (Å²) in [7, 11) is 0. The van der Waals surface area contributed by atoms with Crippen LogP contribution in [0.5, 0.6) is 0 Å². The Morgan fingerprint density at radius 3 is 2.65 bits per heavy atom. The van der Waals surface area contributed by atoms with Gasteiger partial charge < -0.3 is 15.4 Å². The number of nitrogens with two attached hydrogens (primary N) is 1. The van der Waals surface area contributed by atoms with Crippen LogP contribution in [0.3, 0.4) is 0 Å². The molecule has 1 saturated heterocycles. The van der Waals surface area contributed by atoms with Gasteiger partial charge in [-0.15, -0.1) is 0 Å². The van der Waals surface area contributed by atoms with Gasteiger partial charge in [-0.05, 0) is 37.1 Å². The molecule has 1 heterocycles. The molecular formula is C13H16N2O2. The summed E-state index contributed by atoms with van der Waals surface area (Å²) in [5.74, 6) is 0.0829. The molecule has 0 radical (unpaired) electrons. The third kappa shape index (κ3) is 2.00. The van der Waals surface area contributed by atoms with Gasteiger partial charge in [-0.2, -0.15) is 0 Å². The average Bonchev–Trinajstić information content (AvgIpc) is 3.08. The summed E-state index contributed by atoms with van der Waals surface area (Å²) in [6.45, 7) is 2.07. The number of amides is 1. The van der Waals surface area contributed by atoms with Crippen LogP contribution in [-0.2, 0) is 4.74 Å². The number of anilines is 1. The van der Waals surface area contributed by atoms with Crippen molar-refractivity contribution in [2.24, 2.45) is 0 Å². The first kappa shape index (κ1) is 10.6. The van der Waals surface area contributed by atoms with E-state index in [4.69, 9.17) is 10.5 Å². The fourth-order valence-electron chi connectivity index (χ4n) is 2.27. The minimum atomic E-state index is -0.0122. The Hall–Kier alpha value is -1.55. The van der Waals surface area contributed by atoms with Gasteiger partial charge in [-0.1, -0.05) is 0 Å². The third-order valence-corrected chi connectivity index (χ3v) is 3.50. The van der Waals surface area contributed by atoms with Gasteiger partial charge in [0.15, 0.2) is 0 Å². The van der Waals surface area contributed by atoms with Crippen LogP contribution in [0.1, 0.15) is 23.2 Å². The Morgan fingerprint density at radius 1 is 1.29 bits per heavy atom. The molecule has 1 aliphatic heterocycles. The smallest absolute Gasteiger partial charge is 0.254 e. The molecule has 1 saturated carbocycles. The van der Waals surface area contributed by atoms with E-state index in [-0.39, 0.29) is 11.5 Å². The molecule has 2 N–H and O–H groups in total. The molecule has 4 heteroatoms. The van der Waals surface area contributed by atoms with Crippen LogP contribution in [0.15, 0.2) is 24.3 Å². The van der Waals surface area contributed by atoms with Crippen molar-refractivity contribution in [2.75, 3.05) is 25.4 Å². The monoisotopic (exact) mass is 232 g/mol. The van der Waals surface area contributed by atoms with Gasteiger partial charge in [0, 0.05) is 17.8 Å². The Bertz CT molecular complexity index is 437. The standard InChI is InChI=1S/C13H16N2O2/c14-11-3-1-10(2-4-11)12(16)15-7-8-17-13(9-15)5-6-13/h1-4H,5-9,14H2. The Kier molecular flexibility index (Phi) is 2.33. The number of rotatable bonds is 1. The number of hydrogen-bond acceptors (Lipinski definition) is 3. The summed E-state index contributed by atoms with van der Waals surface area (Å²) in [5, 5.41) is 0. The van der Waals surface area contributed by atoms with Crippen molar-refractivity contribution in [1.82, 2.24) is 4.90 Å². The van der Waals surface area contributed by atoms with Gasteiger partial charge in [0.2, 0.25) is 0 Å². The molecule has 0 aromatic heterocycles. The maximum atomic E-state index is 12.3. The van der Waals surface area contributed by atoms with E-state index < -0.39 is 0 Å². The predicted octanol–water partition coefficient (Wildman–Crippen LogP) is 1.27. The summed E-state index contributed by atoms with van der Waals surface area (Å²) < 4.78 is 5.70. The Balaban J connectivity index is 1.75. The zero-order chi connectivity index (χ0) is 11.9. The van der Waals surface area contributed by atoms with E-state index in [1.807, 2.05) is 4.90 Å². The quantitative estimate of drug-likeness (QED) is 0.742. The first-order valence-corrected chi connectivity index (χ1v) is 5.97. The van der Waals surface area contributed by atoms with E-state index in [0.717, 1.165) is 19.4 Å². The molecule has 2 aliphatic rings. The van der Waals surface area contributed by atoms with Crippen molar-refractivity contribution in [3.05, 3.63) is 29.8 Å². The number of ether oxygens (including phenoxy) is 1. The molecule has 0 bridgehead atoms. The minimum absolute atomic E-state index is 0.0122. The highest BCUT2D eigenvalue weighted by atomic mass is 16.5. The number of carbonyl (C=O) groups is 1. The van der Waals surface area contributed by atoms with Crippen LogP contribution in [0.4, 0.5) is 5.69 Å². The van der Waals surface area contributed by atoms with Crippen molar-refractivity contribution < 1.29 is 9.53 Å². The summed E-state index contributed by atoms with van der Waals surface area (Å²) in [5.41, 5.74) is 6.99. The molecule has 4 nitrogen and oxygen atoms in total. The average molecular weight is 232 g/mol. The molecule has 3 rings (SSSR count). The lowest BCUT2D eigenvalue weighted by Crippen LogP contribution is -2.46. The molecule has 90 valence electrons. The number of hydrogen-bond donors (Lipinski definition) is 1. The Labute approximate surface area is 100 Å². The molecule has 1 amide bonds. The number of morpholine rings is 1. The van der Waals surface area contributed by atoms with Crippen molar-refractivity contribution in [1.29, 1.82) is 0 Å². The molecule has 1 aromatic carbocycles. The zero-order valence-electron chi connectivity index (χ0n) is 9.69. The summed E-state index contributed by atoms with van der Waals surface area (Å²) in [6, 6.07) is 7.10. The van der Waals surface area contributed by atoms with E-state index in [9.17, 15) is 4.79 Å². The third-order valence-electron chi connectivity index (χ3n) is 3.50. The Morgan fingerprint density at radius 2 is 2.00 bits per heavy atom. The van der Waals surface area contributed by atoms with E-state index in [1.165, 1.54) is 0 Å². The number of nitrogens with zero attached hydrogens (tertiary/aromatic N) is 1. The lowest BCUT2D eigenvalue weighted by Gasteiger charge is -2.33. The van der Waals surface area contributed by atoms with Crippen molar-refractivity contribution in [3.8, 4) is 0 Å². The summed E-state index contributed by atoms with van der Waals surface area (Å²) in [6.07, 6.45) is 2.16. The predicted molar refractivity (Wildman–Crippen MR) is 64.7 cm³/mol. The molecule has 2 fully saturated rings. The van der Waals surface area contributed by atoms with Crippen LogP contribution in [0, 0.1) is 0 Å². The fraction of sp³-hybridized carbons (Fsp3) is 0.462. The first-order chi connectivity index (χ1) is 8.19. The normalized spacial score (nSPS) is 21.5. The maximum absolute atomic E-state index is 12.3. The maximum Gasteiger partial charge on any atom is 0.254 e. The van der Waals surface area contributed by atoms with E-state index in [0.29, 0.717) is 24.4 Å². The zero-order valence-corrected chi connectivity index (χ0v) is 9.69. The second-order valence-corrected chi connectivity index (χ2v) is 4.88. The highest BCUT2D eigenvalue weighted by Gasteiger charge is 2.48. The van der Waals surface area contributed by atoms with Crippen LogP contribution < -0.4 is 5.73 Å². The van der Waals surface area contributed by atoms with Crippen LogP contribution in [0.25, 0.3) is 0 Å². The highest BCUT2D eigenvalue weighted by molar-refractivity contribution is 5.94. The lowest BCUT2D eigenvalue weighted by molar-refractivity contribution is -0.0376. The molecular weight excluding hydrogens is 216 g/mol. The van der Waals surface area contributed by atoms with Gasteiger partial charge in [0.25, 0.3) is 5.91 Å². The molecule has 1 aliphatic carbocycles. The number of benzene rings is 1. The lowest BCUT2D eigenvalue weighted by atomic mass is 10.1. The molecule has 17 heavy (non-hydrogen) atoms. The van der Waals surface area contributed by atoms with Crippen molar-refractivity contribution >= 4 is 11.6 Å². The topological polar surface area (TPSA) is 55.6 Å². The second kappa shape index (κ2) is 3.74. The van der Waals surface area contributed by atoms with Crippen LogP contribution in [-0.4, -0.2) is 36.1 Å². The fourth-order valence-corrected chi connectivity index (χ4v) is 2.27. The van der Waals surface area contributed by atoms with E-state index >= 15 is 0 Å². The number of nitrogen functional groups attached to an aromatic ring is 1.